The number of fused-ring (bicyclic) bond motifs is 1. The molecule has 9 heteroatoms. The van der Waals surface area contributed by atoms with Gasteiger partial charge in [-0.15, -0.1) is 16.4 Å². The predicted molar refractivity (Wildman–Crippen MR) is 108 cm³/mol. The summed E-state index contributed by atoms with van der Waals surface area (Å²) in [6, 6.07) is 15.2. The second kappa shape index (κ2) is 7.60. The number of rotatable bonds is 5. The topological polar surface area (TPSA) is 78.3 Å². The van der Waals surface area contributed by atoms with E-state index in [1.807, 2.05) is 29.6 Å². The molecule has 0 aliphatic carbocycles. The van der Waals surface area contributed by atoms with Crippen molar-refractivity contribution >= 4 is 17.2 Å². The number of carbonyl (C=O) groups is 1. The Morgan fingerprint density at radius 1 is 1.13 bits per heavy atom. The van der Waals surface area contributed by atoms with Crippen LogP contribution in [0.5, 0.6) is 11.5 Å². The molecule has 1 N–H and O–H groups in total. The number of amides is 1. The third-order valence-corrected chi connectivity index (χ3v) is 5.36. The van der Waals surface area contributed by atoms with Gasteiger partial charge in [-0.3, -0.25) is 4.79 Å². The molecule has 0 saturated heterocycles. The molecule has 5 rings (SSSR count). The molecular weight excluding hydrogens is 407 g/mol. The fraction of sp³-hybridized carbons (Fsp3) is 0.0952. The van der Waals surface area contributed by atoms with Crippen molar-refractivity contribution in [2.24, 2.45) is 0 Å². The van der Waals surface area contributed by atoms with E-state index in [0.717, 1.165) is 10.4 Å². The van der Waals surface area contributed by atoms with Crippen LogP contribution < -0.4 is 14.8 Å². The van der Waals surface area contributed by atoms with Crippen LogP contribution in [-0.4, -0.2) is 27.5 Å². The second-order valence-corrected chi connectivity index (χ2v) is 7.45. The monoisotopic (exact) mass is 422 g/mol. The molecule has 0 unspecified atom stereocenters. The summed E-state index contributed by atoms with van der Waals surface area (Å²) in [7, 11) is 0. The lowest BCUT2D eigenvalue weighted by Crippen LogP contribution is -2.24. The molecular formula is C21H15FN4O3S. The van der Waals surface area contributed by atoms with Crippen molar-refractivity contribution in [2.45, 2.75) is 6.54 Å². The van der Waals surface area contributed by atoms with Crippen LogP contribution in [0, 0.1) is 5.82 Å². The van der Waals surface area contributed by atoms with E-state index in [4.69, 9.17) is 9.47 Å². The predicted octanol–water partition coefficient (Wildman–Crippen LogP) is 3.79. The molecule has 2 aromatic carbocycles. The van der Waals surface area contributed by atoms with Crippen molar-refractivity contribution < 1.29 is 18.7 Å². The summed E-state index contributed by atoms with van der Waals surface area (Å²) in [4.78, 5) is 17.9. The van der Waals surface area contributed by atoms with E-state index < -0.39 is 11.7 Å². The molecule has 0 saturated carbocycles. The molecule has 7 nitrogen and oxygen atoms in total. The number of nitrogens with one attached hydrogen (secondary N) is 1. The van der Waals surface area contributed by atoms with E-state index in [1.54, 1.807) is 18.2 Å². The van der Waals surface area contributed by atoms with Gasteiger partial charge in [-0.1, -0.05) is 18.2 Å². The number of aromatic nitrogens is 3. The summed E-state index contributed by atoms with van der Waals surface area (Å²) in [5.41, 5.74) is 1.34. The normalized spacial score (nSPS) is 12.2. The van der Waals surface area contributed by atoms with Crippen LogP contribution >= 0.6 is 11.3 Å². The molecule has 3 heterocycles. The van der Waals surface area contributed by atoms with Gasteiger partial charge >= 0.3 is 0 Å². The van der Waals surface area contributed by atoms with E-state index >= 15 is 0 Å². The Morgan fingerprint density at radius 3 is 2.87 bits per heavy atom. The molecule has 2 aromatic heterocycles. The SMILES string of the molecule is O=C(NCc1ccc2c(c1)OCO2)c1nc(-c2cccs2)n(-c2cccc(F)c2)n1. The van der Waals surface area contributed by atoms with Crippen LogP contribution in [0.2, 0.25) is 0 Å². The Kier molecular flexibility index (Phi) is 4.64. The maximum atomic E-state index is 13.7. The highest BCUT2D eigenvalue weighted by molar-refractivity contribution is 7.13. The van der Waals surface area contributed by atoms with Gasteiger partial charge in [-0.25, -0.2) is 14.1 Å². The maximum Gasteiger partial charge on any atom is 0.291 e. The molecule has 150 valence electrons. The van der Waals surface area contributed by atoms with Crippen molar-refractivity contribution in [2.75, 3.05) is 6.79 Å². The summed E-state index contributed by atoms with van der Waals surface area (Å²) in [6.07, 6.45) is 0. The van der Waals surface area contributed by atoms with Gasteiger partial charge in [0.25, 0.3) is 5.91 Å². The van der Waals surface area contributed by atoms with Crippen LogP contribution in [-0.2, 0) is 6.54 Å². The van der Waals surface area contributed by atoms with Crippen LogP contribution in [0.4, 0.5) is 4.39 Å². The summed E-state index contributed by atoms with van der Waals surface area (Å²) < 4.78 is 25.9. The van der Waals surface area contributed by atoms with Gasteiger partial charge in [-0.2, -0.15) is 0 Å². The van der Waals surface area contributed by atoms with E-state index in [0.29, 0.717) is 23.0 Å². The first-order valence-electron chi connectivity index (χ1n) is 9.11. The molecule has 0 radical (unpaired) electrons. The zero-order chi connectivity index (χ0) is 20.5. The minimum Gasteiger partial charge on any atom is -0.454 e. The molecule has 30 heavy (non-hydrogen) atoms. The third kappa shape index (κ3) is 3.50. The van der Waals surface area contributed by atoms with Gasteiger partial charge < -0.3 is 14.8 Å². The highest BCUT2D eigenvalue weighted by Crippen LogP contribution is 2.32. The number of carbonyl (C=O) groups excluding carboxylic acids is 1. The number of hydrogen-bond donors (Lipinski definition) is 1. The summed E-state index contributed by atoms with van der Waals surface area (Å²) >= 11 is 1.46. The van der Waals surface area contributed by atoms with Crippen molar-refractivity contribution in [3.8, 4) is 27.9 Å². The Hall–Kier alpha value is -3.72. The Bertz CT molecular complexity index is 1220. The lowest BCUT2D eigenvalue weighted by atomic mass is 10.2. The molecule has 4 aromatic rings. The van der Waals surface area contributed by atoms with Gasteiger partial charge in [0.15, 0.2) is 17.3 Å². The number of thiophene rings is 1. The van der Waals surface area contributed by atoms with Crippen molar-refractivity contribution in [1.82, 2.24) is 20.1 Å². The molecule has 0 bridgehead atoms. The molecule has 1 amide bonds. The molecule has 0 atom stereocenters. The smallest absolute Gasteiger partial charge is 0.291 e. The fourth-order valence-corrected chi connectivity index (χ4v) is 3.77. The van der Waals surface area contributed by atoms with E-state index in [-0.39, 0.29) is 19.2 Å². The zero-order valence-corrected chi connectivity index (χ0v) is 16.4. The quantitative estimate of drug-likeness (QED) is 0.529. The highest BCUT2D eigenvalue weighted by atomic mass is 32.1. The number of ether oxygens (including phenoxy) is 2. The van der Waals surface area contributed by atoms with Crippen molar-refractivity contribution in [3.05, 3.63) is 77.2 Å². The summed E-state index contributed by atoms with van der Waals surface area (Å²) in [5, 5.41) is 9.05. The first-order chi connectivity index (χ1) is 14.7. The van der Waals surface area contributed by atoms with Crippen LogP contribution in [0.3, 0.4) is 0 Å². The molecule has 0 fully saturated rings. The van der Waals surface area contributed by atoms with E-state index in [9.17, 15) is 9.18 Å². The first kappa shape index (κ1) is 18.3. The average Bonchev–Trinajstić information content (AvgIpc) is 3.51. The Labute approximate surface area is 174 Å². The molecule has 1 aliphatic rings. The standard InChI is InChI=1S/C21H15FN4O3S/c22-14-3-1-4-15(10-14)26-20(18-5-2-8-30-18)24-19(25-26)21(27)23-11-13-6-7-16-17(9-13)29-12-28-16/h1-10H,11-12H2,(H,23,27). The molecule has 1 aliphatic heterocycles. The van der Waals surface area contributed by atoms with Crippen LogP contribution in [0.1, 0.15) is 16.2 Å². The lowest BCUT2D eigenvalue weighted by Gasteiger charge is -2.04. The van der Waals surface area contributed by atoms with Gasteiger partial charge in [0.1, 0.15) is 5.82 Å². The first-order valence-corrected chi connectivity index (χ1v) is 9.99. The van der Waals surface area contributed by atoms with Gasteiger partial charge in [-0.05, 0) is 47.3 Å². The Morgan fingerprint density at radius 2 is 2.03 bits per heavy atom. The van der Waals surface area contributed by atoms with Crippen LogP contribution in [0.15, 0.2) is 60.0 Å². The van der Waals surface area contributed by atoms with Crippen molar-refractivity contribution in [1.29, 1.82) is 0 Å². The minimum absolute atomic E-state index is 0.00315. The largest absolute Gasteiger partial charge is 0.454 e. The van der Waals surface area contributed by atoms with Gasteiger partial charge in [0, 0.05) is 6.54 Å². The lowest BCUT2D eigenvalue weighted by molar-refractivity contribution is 0.0940. The number of benzene rings is 2. The van der Waals surface area contributed by atoms with Crippen molar-refractivity contribution in [3.63, 3.8) is 0 Å². The second-order valence-electron chi connectivity index (χ2n) is 6.50. The number of hydrogen-bond acceptors (Lipinski definition) is 6. The van der Waals surface area contributed by atoms with E-state index in [2.05, 4.69) is 15.4 Å². The fourth-order valence-electron chi connectivity index (χ4n) is 3.07. The summed E-state index contributed by atoms with van der Waals surface area (Å²) in [6.45, 7) is 0.469. The van der Waals surface area contributed by atoms with E-state index in [1.165, 1.54) is 28.2 Å². The molecule has 0 spiro atoms. The third-order valence-electron chi connectivity index (χ3n) is 4.49. The van der Waals surface area contributed by atoms with Gasteiger partial charge in [0.05, 0.1) is 10.6 Å². The highest BCUT2D eigenvalue weighted by Gasteiger charge is 2.20. The van der Waals surface area contributed by atoms with Gasteiger partial charge in [0.2, 0.25) is 12.6 Å². The minimum atomic E-state index is -0.430. The summed E-state index contributed by atoms with van der Waals surface area (Å²) in [5.74, 6) is 0.984. The number of nitrogens with zero attached hydrogens (tertiary/aromatic N) is 3. The van der Waals surface area contributed by atoms with Crippen LogP contribution in [0.25, 0.3) is 16.4 Å². The average molecular weight is 422 g/mol. The maximum absolute atomic E-state index is 13.7. The zero-order valence-electron chi connectivity index (χ0n) is 15.5. The number of halogens is 1. The Balaban J connectivity index is 1.41.